The lowest BCUT2D eigenvalue weighted by molar-refractivity contribution is 0.0600. The van der Waals surface area contributed by atoms with E-state index in [9.17, 15) is 32.8 Å². The van der Waals surface area contributed by atoms with Crippen molar-refractivity contribution in [1.82, 2.24) is 9.80 Å². The number of amides is 2. The van der Waals surface area contributed by atoms with E-state index in [2.05, 4.69) is 20.7 Å². The van der Waals surface area contributed by atoms with Gasteiger partial charge in [-0.3, -0.25) is 19.2 Å². The van der Waals surface area contributed by atoms with E-state index < -0.39 is 13.1 Å². The van der Waals surface area contributed by atoms with E-state index in [1.54, 1.807) is 104 Å². The van der Waals surface area contributed by atoms with Gasteiger partial charge >= 0.3 is 13.1 Å². The highest BCUT2D eigenvalue weighted by molar-refractivity contribution is 9.10. The van der Waals surface area contributed by atoms with Gasteiger partial charge in [0.1, 0.15) is 24.2 Å². The summed E-state index contributed by atoms with van der Waals surface area (Å²) in [5, 5.41) is 17.4. The third-order valence-electron chi connectivity index (χ3n) is 9.02. The van der Waals surface area contributed by atoms with Crippen LogP contribution in [0.15, 0.2) is 138 Å². The Bertz CT molecular complexity index is 2520. The van der Waals surface area contributed by atoms with E-state index in [0.29, 0.717) is 68.3 Å². The molecule has 0 radical (unpaired) electrons. The second kappa shape index (κ2) is 22.7. The number of nitrogens with zero attached hydrogens (tertiary/aromatic N) is 2. The Hall–Kier alpha value is -6.61. The summed E-state index contributed by atoms with van der Waals surface area (Å²) in [5.74, 6) is -1.54. The Morgan fingerprint density at radius 2 is 1.18 bits per heavy atom. The molecule has 61 heavy (non-hydrogen) atoms. The van der Waals surface area contributed by atoms with Crippen molar-refractivity contribution >= 4 is 58.9 Å². The van der Waals surface area contributed by atoms with Crippen LogP contribution in [0, 0.1) is 18.6 Å². The second-order valence-corrected chi connectivity index (χ2v) is 14.6. The molecule has 312 valence electrons. The average Bonchev–Trinajstić information content (AvgIpc) is 3.27. The maximum absolute atomic E-state index is 14.3. The van der Waals surface area contributed by atoms with Gasteiger partial charge in [0.15, 0.2) is 0 Å². The van der Waals surface area contributed by atoms with Crippen molar-refractivity contribution in [2.45, 2.75) is 20.0 Å². The fourth-order valence-electron chi connectivity index (χ4n) is 5.91. The molecule has 14 heteroatoms. The standard InChI is InChI=1S/C23H20FNO2.C17H15BrFNO3.C7H7BO3/c1-16-5-3-8-20(11-16)23(27)25(2)14-17-9-10-22(24)21(13-17)19-7-4-6-18(12-19)15-26;1-20(10-11-6-7-15(19)14(18)8-11)16(21)12-4-3-5-13(9-12)17(22)23-2;9-5-6-2-1-3-7(4-6)8(10)11/h3-13,15H,14H2,1-2H3;3-9H,10H2,1-2H3;1-5,10-11H. The highest BCUT2D eigenvalue weighted by Crippen LogP contribution is 2.26. The Morgan fingerprint density at radius 1 is 0.656 bits per heavy atom. The van der Waals surface area contributed by atoms with Gasteiger partial charge in [-0.25, -0.2) is 13.6 Å². The fraction of sp³-hybridized carbons (Fsp3) is 0.128. The molecule has 0 spiro atoms. The molecule has 0 aliphatic rings. The summed E-state index contributed by atoms with van der Waals surface area (Å²) in [7, 11) is 3.15. The number of hydrogen-bond acceptors (Lipinski definition) is 8. The predicted molar refractivity (Wildman–Crippen MR) is 234 cm³/mol. The van der Waals surface area contributed by atoms with Gasteiger partial charge in [0.2, 0.25) is 0 Å². The number of rotatable bonds is 11. The second-order valence-electron chi connectivity index (χ2n) is 13.7. The number of hydrogen-bond donors (Lipinski definition) is 2. The molecule has 6 aromatic rings. The van der Waals surface area contributed by atoms with E-state index in [1.807, 2.05) is 25.1 Å². The molecule has 0 saturated carbocycles. The van der Waals surface area contributed by atoms with Crippen molar-refractivity contribution in [3.05, 3.63) is 194 Å². The van der Waals surface area contributed by atoms with E-state index in [0.717, 1.165) is 23.0 Å². The third-order valence-corrected chi connectivity index (χ3v) is 9.63. The molecule has 2 N–H and O–H groups in total. The lowest BCUT2D eigenvalue weighted by atomic mass is 9.80. The van der Waals surface area contributed by atoms with Gasteiger partial charge in [-0.05, 0) is 106 Å². The van der Waals surface area contributed by atoms with Crippen LogP contribution < -0.4 is 5.46 Å². The zero-order chi connectivity index (χ0) is 44.6. The van der Waals surface area contributed by atoms with Crippen LogP contribution in [0.1, 0.15) is 68.5 Å². The number of carbonyl (C=O) groups is 5. The number of carbonyl (C=O) groups excluding carboxylic acids is 5. The zero-order valence-electron chi connectivity index (χ0n) is 33.7. The summed E-state index contributed by atoms with van der Waals surface area (Å²) in [6.07, 6.45) is 1.39. The number of aldehydes is 2. The Balaban J connectivity index is 0.000000218. The topological polar surface area (TPSA) is 142 Å². The van der Waals surface area contributed by atoms with E-state index in [1.165, 1.54) is 42.3 Å². The molecular formula is C47H42BBrF2N2O8. The van der Waals surface area contributed by atoms with Gasteiger partial charge in [-0.2, -0.15) is 0 Å². The zero-order valence-corrected chi connectivity index (χ0v) is 35.3. The molecule has 0 saturated heterocycles. The molecular weight excluding hydrogens is 849 g/mol. The Morgan fingerprint density at radius 3 is 1.75 bits per heavy atom. The summed E-state index contributed by atoms with van der Waals surface area (Å²) >= 11 is 3.12. The van der Waals surface area contributed by atoms with Gasteiger partial charge in [-0.1, -0.05) is 78.4 Å². The van der Waals surface area contributed by atoms with Gasteiger partial charge in [0, 0.05) is 55.0 Å². The molecule has 0 atom stereocenters. The van der Waals surface area contributed by atoms with Crippen molar-refractivity contribution in [2.75, 3.05) is 21.2 Å². The maximum atomic E-state index is 14.3. The van der Waals surface area contributed by atoms with E-state index in [-0.39, 0.29) is 23.4 Å². The maximum Gasteiger partial charge on any atom is 0.488 e. The SMILES string of the molecule is COC(=O)c1cccc(C(=O)N(C)Cc2ccc(F)c(Br)c2)c1.Cc1cccc(C(=O)N(C)Cc2ccc(F)c(-c3cccc(C=O)c3)c2)c1.O=Cc1cccc(B(O)O)c1. The first kappa shape index (κ1) is 47.1. The number of aryl methyl sites for hydroxylation is 1. The minimum atomic E-state index is -1.50. The molecule has 2 amide bonds. The molecule has 0 aliphatic heterocycles. The molecule has 0 heterocycles. The van der Waals surface area contributed by atoms with E-state index >= 15 is 0 Å². The molecule has 0 fully saturated rings. The smallest absolute Gasteiger partial charge is 0.465 e. The molecule has 10 nitrogen and oxygen atoms in total. The lowest BCUT2D eigenvalue weighted by Crippen LogP contribution is -2.29. The van der Waals surface area contributed by atoms with Gasteiger partial charge in [0.05, 0.1) is 17.1 Å². The van der Waals surface area contributed by atoms with Crippen molar-refractivity contribution < 1.29 is 47.5 Å². The highest BCUT2D eigenvalue weighted by atomic mass is 79.9. The van der Waals surface area contributed by atoms with Crippen LogP contribution in [0.5, 0.6) is 0 Å². The Labute approximate surface area is 361 Å². The van der Waals surface area contributed by atoms with Gasteiger partial charge in [0.25, 0.3) is 11.8 Å². The van der Waals surface area contributed by atoms with Crippen LogP contribution in [0.4, 0.5) is 8.78 Å². The van der Waals surface area contributed by atoms with Crippen molar-refractivity contribution in [2.24, 2.45) is 0 Å². The first-order valence-corrected chi connectivity index (χ1v) is 19.4. The number of halogens is 3. The van der Waals surface area contributed by atoms with Crippen LogP contribution in [0.3, 0.4) is 0 Å². The van der Waals surface area contributed by atoms with E-state index in [4.69, 9.17) is 10.0 Å². The monoisotopic (exact) mass is 890 g/mol. The predicted octanol–water partition coefficient (Wildman–Crippen LogP) is 7.71. The van der Waals surface area contributed by atoms with Crippen LogP contribution in [0.2, 0.25) is 0 Å². The average molecular weight is 892 g/mol. The van der Waals surface area contributed by atoms with Crippen LogP contribution >= 0.6 is 15.9 Å². The van der Waals surface area contributed by atoms with Crippen molar-refractivity contribution in [3.63, 3.8) is 0 Å². The number of esters is 1. The molecule has 0 aliphatic carbocycles. The number of ether oxygens (including phenoxy) is 1. The molecule has 0 bridgehead atoms. The minimum absolute atomic E-state index is 0.0903. The van der Waals surface area contributed by atoms with Crippen molar-refractivity contribution in [1.29, 1.82) is 0 Å². The first-order valence-electron chi connectivity index (χ1n) is 18.6. The largest absolute Gasteiger partial charge is 0.488 e. The van der Waals surface area contributed by atoms with Crippen LogP contribution in [0.25, 0.3) is 11.1 Å². The lowest BCUT2D eigenvalue weighted by Gasteiger charge is -2.18. The summed E-state index contributed by atoms with van der Waals surface area (Å²) in [6, 6.07) is 36.1. The molecule has 6 aromatic carbocycles. The summed E-state index contributed by atoms with van der Waals surface area (Å²) in [4.78, 5) is 60.9. The highest BCUT2D eigenvalue weighted by Gasteiger charge is 2.17. The van der Waals surface area contributed by atoms with Gasteiger partial charge < -0.3 is 24.6 Å². The Kier molecular flexibility index (Phi) is 17.5. The van der Waals surface area contributed by atoms with Crippen molar-refractivity contribution in [3.8, 4) is 11.1 Å². The minimum Gasteiger partial charge on any atom is -0.465 e. The summed E-state index contributed by atoms with van der Waals surface area (Å²) in [6.45, 7) is 2.62. The fourth-order valence-corrected chi connectivity index (χ4v) is 6.34. The van der Waals surface area contributed by atoms with Crippen LogP contribution in [-0.2, 0) is 17.8 Å². The number of methoxy groups -OCH3 is 1. The first-order chi connectivity index (χ1) is 29.1. The molecule has 6 rings (SSSR count). The molecule has 0 unspecified atom stereocenters. The summed E-state index contributed by atoms with van der Waals surface area (Å²) < 4.78 is 32.6. The molecule has 0 aromatic heterocycles. The normalized spacial score (nSPS) is 10.2. The quantitative estimate of drug-likeness (QED) is 0.0766. The summed E-state index contributed by atoms with van der Waals surface area (Å²) in [5.41, 5.74) is 6.25. The van der Waals surface area contributed by atoms with Crippen LogP contribution in [-0.4, -0.2) is 78.5 Å². The van der Waals surface area contributed by atoms with Gasteiger partial charge in [-0.15, -0.1) is 0 Å². The number of benzene rings is 6. The third kappa shape index (κ3) is 13.7.